The number of rotatable bonds is 2. The van der Waals surface area contributed by atoms with Gasteiger partial charge in [-0.3, -0.25) is 4.90 Å². The van der Waals surface area contributed by atoms with Crippen LogP contribution < -0.4 is 0 Å². The molecule has 0 atom stereocenters. The minimum absolute atomic E-state index is 0.864. The van der Waals surface area contributed by atoms with Crippen LogP contribution in [-0.4, -0.2) is 18.0 Å². The SMILES string of the molecule is Clc1c(Br)cccc1CN1CCCCC1. The molecule has 82 valence electrons. The summed E-state index contributed by atoms with van der Waals surface area (Å²) in [6, 6.07) is 6.15. The molecular formula is C12H15BrClN. The van der Waals surface area contributed by atoms with Gasteiger partial charge in [0.05, 0.1) is 5.02 Å². The maximum atomic E-state index is 6.24. The summed E-state index contributed by atoms with van der Waals surface area (Å²) in [6.45, 7) is 3.41. The van der Waals surface area contributed by atoms with Crippen molar-refractivity contribution >= 4 is 27.5 Å². The third-order valence-electron chi connectivity index (χ3n) is 2.87. The molecule has 3 heteroatoms. The van der Waals surface area contributed by atoms with Crippen molar-refractivity contribution in [2.45, 2.75) is 25.8 Å². The van der Waals surface area contributed by atoms with E-state index in [4.69, 9.17) is 11.6 Å². The zero-order chi connectivity index (χ0) is 10.7. The van der Waals surface area contributed by atoms with E-state index >= 15 is 0 Å². The van der Waals surface area contributed by atoms with Crippen LogP contribution in [0.1, 0.15) is 24.8 Å². The molecule has 1 nitrogen and oxygen atoms in total. The highest BCUT2D eigenvalue weighted by atomic mass is 79.9. The lowest BCUT2D eigenvalue weighted by Crippen LogP contribution is -2.29. The average Bonchev–Trinajstić information content (AvgIpc) is 2.26. The number of benzene rings is 1. The van der Waals surface area contributed by atoms with Crippen molar-refractivity contribution < 1.29 is 0 Å². The van der Waals surface area contributed by atoms with Gasteiger partial charge in [0.15, 0.2) is 0 Å². The summed E-state index contributed by atoms with van der Waals surface area (Å²) in [4.78, 5) is 2.48. The average molecular weight is 289 g/mol. The van der Waals surface area contributed by atoms with Crippen molar-refractivity contribution in [3.63, 3.8) is 0 Å². The summed E-state index contributed by atoms with van der Waals surface area (Å²) in [7, 11) is 0. The Kier molecular flexibility index (Phi) is 4.06. The number of piperidine rings is 1. The second-order valence-electron chi connectivity index (χ2n) is 4.05. The van der Waals surface area contributed by atoms with Crippen molar-refractivity contribution in [2.24, 2.45) is 0 Å². The highest BCUT2D eigenvalue weighted by Gasteiger charge is 2.12. The fraction of sp³-hybridized carbons (Fsp3) is 0.500. The molecular weight excluding hydrogens is 273 g/mol. The van der Waals surface area contributed by atoms with Crippen LogP contribution in [0, 0.1) is 0 Å². The third kappa shape index (κ3) is 2.96. The van der Waals surface area contributed by atoms with Crippen LogP contribution in [-0.2, 0) is 6.54 Å². The van der Waals surface area contributed by atoms with E-state index in [1.807, 2.05) is 6.07 Å². The maximum Gasteiger partial charge on any atom is 0.0593 e. The molecule has 0 amide bonds. The second-order valence-corrected chi connectivity index (χ2v) is 5.28. The Balaban J connectivity index is 2.06. The van der Waals surface area contributed by atoms with E-state index in [9.17, 15) is 0 Å². The lowest BCUT2D eigenvalue weighted by atomic mass is 10.1. The number of halogens is 2. The first kappa shape index (κ1) is 11.4. The van der Waals surface area contributed by atoms with Crippen LogP contribution in [0.5, 0.6) is 0 Å². The standard InChI is InChI=1S/C12H15BrClN/c13-11-6-4-5-10(12(11)14)9-15-7-2-1-3-8-15/h4-6H,1-3,7-9H2. The lowest BCUT2D eigenvalue weighted by molar-refractivity contribution is 0.221. The van der Waals surface area contributed by atoms with E-state index in [0.29, 0.717) is 0 Å². The molecule has 1 saturated heterocycles. The Morgan fingerprint density at radius 1 is 1.20 bits per heavy atom. The Morgan fingerprint density at radius 2 is 1.93 bits per heavy atom. The molecule has 1 heterocycles. The number of hydrogen-bond acceptors (Lipinski definition) is 1. The molecule has 1 aliphatic rings. The normalized spacial score (nSPS) is 18.0. The first-order valence-electron chi connectivity index (χ1n) is 5.42. The van der Waals surface area contributed by atoms with Crippen LogP contribution in [0.3, 0.4) is 0 Å². The highest BCUT2D eigenvalue weighted by molar-refractivity contribution is 9.10. The number of hydrogen-bond donors (Lipinski definition) is 0. The first-order chi connectivity index (χ1) is 7.27. The topological polar surface area (TPSA) is 3.24 Å². The van der Waals surface area contributed by atoms with Crippen LogP contribution >= 0.6 is 27.5 Å². The zero-order valence-electron chi connectivity index (χ0n) is 8.68. The molecule has 1 aromatic rings. The Bertz CT molecular complexity index is 334. The summed E-state index contributed by atoms with van der Waals surface area (Å²) < 4.78 is 0.999. The summed E-state index contributed by atoms with van der Waals surface area (Å²) in [5.74, 6) is 0. The Morgan fingerprint density at radius 3 is 2.67 bits per heavy atom. The van der Waals surface area contributed by atoms with Gasteiger partial charge in [-0.2, -0.15) is 0 Å². The van der Waals surface area contributed by atoms with Gasteiger partial charge < -0.3 is 0 Å². The molecule has 0 spiro atoms. The molecule has 0 N–H and O–H groups in total. The van der Waals surface area contributed by atoms with Gasteiger partial charge in [0.2, 0.25) is 0 Å². The molecule has 0 radical (unpaired) electrons. The van der Waals surface area contributed by atoms with Crippen molar-refractivity contribution in [1.82, 2.24) is 4.90 Å². The van der Waals surface area contributed by atoms with Gasteiger partial charge in [0.25, 0.3) is 0 Å². The van der Waals surface area contributed by atoms with Crippen LogP contribution in [0.2, 0.25) is 5.02 Å². The monoisotopic (exact) mass is 287 g/mol. The molecule has 0 saturated carbocycles. The van der Waals surface area contributed by atoms with Gasteiger partial charge in [0.1, 0.15) is 0 Å². The molecule has 1 fully saturated rings. The lowest BCUT2D eigenvalue weighted by Gasteiger charge is -2.26. The van der Waals surface area contributed by atoms with Gasteiger partial charge in [-0.05, 0) is 53.5 Å². The summed E-state index contributed by atoms with van der Waals surface area (Å²) in [5.41, 5.74) is 1.23. The minimum Gasteiger partial charge on any atom is -0.299 e. The first-order valence-corrected chi connectivity index (χ1v) is 6.60. The van der Waals surface area contributed by atoms with E-state index < -0.39 is 0 Å². The molecule has 1 aromatic carbocycles. The summed E-state index contributed by atoms with van der Waals surface area (Å²) in [6.07, 6.45) is 4.03. The Labute approximate surface area is 105 Å². The van der Waals surface area contributed by atoms with E-state index in [1.165, 1.54) is 37.9 Å². The van der Waals surface area contributed by atoms with E-state index in [2.05, 4.69) is 33.0 Å². The van der Waals surface area contributed by atoms with Crippen LogP contribution in [0.15, 0.2) is 22.7 Å². The maximum absolute atomic E-state index is 6.24. The second kappa shape index (κ2) is 5.33. The van der Waals surface area contributed by atoms with Gasteiger partial charge in [-0.25, -0.2) is 0 Å². The predicted octanol–water partition coefficient (Wildman–Crippen LogP) is 4.09. The van der Waals surface area contributed by atoms with E-state index in [-0.39, 0.29) is 0 Å². The van der Waals surface area contributed by atoms with E-state index in [0.717, 1.165) is 16.0 Å². The largest absolute Gasteiger partial charge is 0.299 e. The van der Waals surface area contributed by atoms with Crippen molar-refractivity contribution in [1.29, 1.82) is 0 Å². The fourth-order valence-corrected chi connectivity index (χ4v) is 2.62. The third-order valence-corrected chi connectivity index (χ3v) is 4.21. The van der Waals surface area contributed by atoms with Crippen molar-refractivity contribution in [2.75, 3.05) is 13.1 Å². The van der Waals surface area contributed by atoms with E-state index in [1.54, 1.807) is 0 Å². The van der Waals surface area contributed by atoms with Gasteiger partial charge in [0, 0.05) is 11.0 Å². The van der Waals surface area contributed by atoms with Gasteiger partial charge >= 0.3 is 0 Å². The molecule has 0 aliphatic carbocycles. The predicted molar refractivity (Wildman–Crippen MR) is 68.3 cm³/mol. The van der Waals surface area contributed by atoms with Crippen LogP contribution in [0.25, 0.3) is 0 Å². The molecule has 1 aliphatic heterocycles. The van der Waals surface area contributed by atoms with Gasteiger partial charge in [-0.1, -0.05) is 30.2 Å². The summed E-state index contributed by atoms with van der Waals surface area (Å²) in [5, 5.41) is 0.864. The smallest absolute Gasteiger partial charge is 0.0593 e. The van der Waals surface area contributed by atoms with Crippen LogP contribution in [0.4, 0.5) is 0 Å². The number of nitrogens with zero attached hydrogens (tertiary/aromatic N) is 1. The fourth-order valence-electron chi connectivity index (χ4n) is 2.03. The highest BCUT2D eigenvalue weighted by Crippen LogP contribution is 2.27. The van der Waals surface area contributed by atoms with Crippen molar-refractivity contribution in [3.8, 4) is 0 Å². The summed E-state index contributed by atoms with van der Waals surface area (Å²) >= 11 is 9.70. The molecule has 15 heavy (non-hydrogen) atoms. The quantitative estimate of drug-likeness (QED) is 0.792. The zero-order valence-corrected chi connectivity index (χ0v) is 11.0. The molecule has 0 unspecified atom stereocenters. The molecule has 0 aromatic heterocycles. The minimum atomic E-state index is 0.864. The molecule has 0 bridgehead atoms. The molecule has 2 rings (SSSR count). The van der Waals surface area contributed by atoms with Crippen molar-refractivity contribution in [3.05, 3.63) is 33.3 Å². The Hall–Kier alpha value is -0.0500. The van der Waals surface area contributed by atoms with Gasteiger partial charge in [-0.15, -0.1) is 0 Å². The number of likely N-dealkylation sites (tertiary alicyclic amines) is 1.